The molecule has 2 heterocycles. The molecular weight excluding hydrogens is 537 g/mol. The Bertz CT molecular complexity index is 1230. The van der Waals surface area contributed by atoms with Crippen LogP contribution in [-0.2, 0) is 9.49 Å². The van der Waals surface area contributed by atoms with E-state index in [0.717, 1.165) is 0 Å². The lowest BCUT2D eigenvalue weighted by atomic mass is 9.86. The van der Waals surface area contributed by atoms with Crippen molar-refractivity contribution >= 4 is 45.1 Å². The van der Waals surface area contributed by atoms with Crippen molar-refractivity contribution in [3.8, 4) is 0 Å². The summed E-state index contributed by atoms with van der Waals surface area (Å²) in [6.45, 7) is 4.38. The Morgan fingerprint density at radius 3 is 1.21 bits per heavy atom. The molecule has 0 nitrogen and oxygen atoms in total. The summed E-state index contributed by atoms with van der Waals surface area (Å²) in [5.41, 5.74) is 8.43. The highest BCUT2D eigenvalue weighted by atomic mass is 33.1. The SMILES string of the molecule is Cc1ccc(C2(c3ccccc3)SCCC2SSC2CCSC2(c2ccccc2)c2ccc(C)cc2)cc1. The smallest absolute Gasteiger partial charge is 0.0784 e. The van der Waals surface area contributed by atoms with Crippen molar-refractivity contribution in [1.29, 1.82) is 0 Å². The van der Waals surface area contributed by atoms with Gasteiger partial charge in [0.25, 0.3) is 0 Å². The van der Waals surface area contributed by atoms with Crippen LogP contribution in [0.3, 0.4) is 0 Å². The van der Waals surface area contributed by atoms with E-state index in [0.29, 0.717) is 10.5 Å². The van der Waals surface area contributed by atoms with E-state index in [-0.39, 0.29) is 9.49 Å². The minimum Gasteiger partial charge on any atom is -0.144 e. The van der Waals surface area contributed by atoms with Gasteiger partial charge in [-0.3, -0.25) is 0 Å². The summed E-state index contributed by atoms with van der Waals surface area (Å²) in [5, 5.41) is 1.03. The Kier molecular flexibility index (Phi) is 7.96. The van der Waals surface area contributed by atoms with Crippen LogP contribution in [0.2, 0.25) is 0 Å². The van der Waals surface area contributed by atoms with Crippen LogP contribution in [0, 0.1) is 13.8 Å². The summed E-state index contributed by atoms with van der Waals surface area (Å²) >= 11 is 4.29. The van der Waals surface area contributed by atoms with Gasteiger partial charge >= 0.3 is 0 Å². The van der Waals surface area contributed by atoms with Gasteiger partial charge in [0.1, 0.15) is 0 Å². The molecule has 2 aliphatic rings. The van der Waals surface area contributed by atoms with Gasteiger partial charge in [0.2, 0.25) is 0 Å². The quantitative estimate of drug-likeness (QED) is 0.203. The third kappa shape index (κ3) is 4.76. The zero-order chi connectivity index (χ0) is 26.0. The Labute approximate surface area is 244 Å². The van der Waals surface area contributed by atoms with E-state index in [1.165, 1.54) is 57.7 Å². The molecule has 0 aromatic heterocycles. The first-order valence-electron chi connectivity index (χ1n) is 13.5. The highest BCUT2D eigenvalue weighted by Crippen LogP contribution is 2.63. The van der Waals surface area contributed by atoms with E-state index in [2.05, 4.69) is 168 Å². The Balaban J connectivity index is 1.36. The number of hydrogen-bond donors (Lipinski definition) is 0. The van der Waals surface area contributed by atoms with Gasteiger partial charge in [-0.05, 0) is 60.4 Å². The molecular formula is C34H34S4. The first kappa shape index (κ1) is 26.5. The summed E-state index contributed by atoms with van der Waals surface area (Å²) < 4.78 is -0.0325. The van der Waals surface area contributed by atoms with Crippen molar-refractivity contribution in [2.75, 3.05) is 11.5 Å². The van der Waals surface area contributed by atoms with E-state index in [1.807, 2.05) is 0 Å². The molecule has 4 atom stereocenters. The maximum atomic E-state index is 2.38. The van der Waals surface area contributed by atoms with Crippen LogP contribution < -0.4 is 0 Å². The third-order valence-electron chi connectivity index (χ3n) is 7.98. The fourth-order valence-electron chi connectivity index (χ4n) is 6.00. The zero-order valence-corrected chi connectivity index (χ0v) is 25.3. The van der Waals surface area contributed by atoms with Gasteiger partial charge in [-0.15, -0.1) is 23.5 Å². The van der Waals surface area contributed by atoms with Gasteiger partial charge in [-0.25, -0.2) is 0 Å². The lowest BCUT2D eigenvalue weighted by molar-refractivity contribution is 0.702. The molecule has 194 valence electrons. The van der Waals surface area contributed by atoms with Crippen LogP contribution in [0.1, 0.15) is 46.2 Å². The van der Waals surface area contributed by atoms with Gasteiger partial charge < -0.3 is 0 Å². The molecule has 0 radical (unpaired) electrons. The van der Waals surface area contributed by atoms with Gasteiger partial charge in [0.05, 0.1) is 9.49 Å². The minimum absolute atomic E-state index is 0.0162. The number of aryl methyl sites for hydroxylation is 2. The standard InChI is InChI=1S/C34H34S4/c1-25-13-17-29(18-14-25)33(27-9-5-3-6-10-27)31(21-23-35-33)37-38-32-22-24-36-34(32,28-11-7-4-8-12-28)30-19-15-26(2)16-20-30/h3-20,31-32H,21-24H2,1-2H3. The lowest BCUT2D eigenvalue weighted by Gasteiger charge is -2.38. The Hall–Kier alpha value is -1.72. The number of benzene rings is 4. The van der Waals surface area contributed by atoms with Crippen LogP contribution in [0.5, 0.6) is 0 Å². The van der Waals surface area contributed by atoms with Crippen molar-refractivity contribution in [1.82, 2.24) is 0 Å². The van der Waals surface area contributed by atoms with Crippen molar-refractivity contribution in [2.24, 2.45) is 0 Å². The maximum Gasteiger partial charge on any atom is 0.0784 e. The van der Waals surface area contributed by atoms with Crippen molar-refractivity contribution in [2.45, 2.75) is 46.7 Å². The summed E-state index contributed by atoms with van der Waals surface area (Å²) in [6, 6.07) is 41.2. The topological polar surface area (TPSA) is 0 Å². The van der Waals surface area contributed by atoms with Crippen LogP contribution in [0.25, 0.3) is 0 Å². The average Bonchev–Trinajstić information content (AvgIpc) is 3.59. The van der Waals surface area contributed by atoms with Crippen molar-refractivity contribution in [3.63, 3.8) is 0 Å². The van der Waals surface area contributed by atoms with Crippen molar-refractivity contribution in [3.05, 3.63) is 143 Å². The third-order valence-corrected chi connectivity index (χ3v) is 15.1. The second-order valence-electron chi connectivity index (χ2n) is 10.4. The molecule has 0 N–H and O–H groups in total. The van der Waals surface area contributed by atoms with E-state index in [9.17, 15) is 0 Å². The molecule has 0 bridgehead atoms. The normalized spacial score (nSPS) is 27.0. The zero-order valence-electron chi connectivity index (χ0n) is 22.0. The number of thioether (sulfide) groups is 2. The van der Waals surface area contributed by atoms with Gasteiger partial charge in [0.15, 0.2) is 0 Å². The fourth-order valence-corrected chi connectivity index (χ4v) is 14.3. The summed E-state index contributed by atoms with van der Waals surface area (Å²) in [7, 11) is 4.32. The van der Waals surface area contributed by atoms with Crippen LogP contribution >= 0.6 is 45.1 Å². The molecule has 4 heteroatoms. The highest BCUT2D eigenvalue weighted by molar-refractivity contribution is 8.77. The predicted octanol–water partition coefficient (Wildman–Crippen LogP) is 9.88. The van der Waals surface area contributed by atoms with E-state index >= 15 is 0 Å². The first-order valence-corrected chi connectivity index (χ1v) is 17.7. The molecule has 38 heavy (non-hydrogen) atoms. The molecule has 6 rings (SSSR count). The van der Waals surface area contributed by atoms with E-state index < -0.39 is 0 Å². The van der Waals surface area contributed by atoms with Crippen LogP contribution in [-0.4, -0.2) is 22.0 Å². The molecule has 4 aromatic rings. The van der Waals surface area contributed by atoms with Gasteiger partial charge in [-0.1, -0.05) is 142 Å². The molecule has 2 aliphatic heterocycles. The minimum atomic E-state index is -0.0162. The highest BCUT2D eigenvalue weighted by Gasteiger charge is 2.50. The van der Waals surface area contributed by atoms with Gasteiger partial charge in [0, 0.05) is 10.5 Å². The molecule has 2 saturated heterocycles. The average molecular weight is 571 g/mol. The lowest BCUT2D eigenvalue weighted by Crippen LogP contribution is -2.33. The first-order chi connectivity index (χ1) is 18.6. The molecule has 0 spiro atoms. The number of hydrogen-bond acceptors (Lipinski definition) is 4. The second-order valence-corrected chi connectivity index (χ2v) is 15.7. The largest absolute Gasteiger partial charge is 0.144 e. The van der Waals surface area contributed by atoms with Crippen molar-refractivity contribution < 1.29 is 0 Å². The molecule has 4 aromatic carbocycles. The molecule has 0 amide bonds. The molecule has 2 fully saturated rings. The molecule has 0 saturated carbocycles. The summed E-state index contributed by atoms with van der Waals surface area (Å²) in [6.07, 6.45) is 2.46. The summed E-state index contributed by atoms with van der Waals surface area (Å²) in [5.74, 6) is 2.39. The van der Waals surface area contributed by atoms with Gasteiger partial charge in [-0.2, -0.15) is 0 Å². The second kappa shape index (κ2) is 11.4. The monoisotopic (exact) mass is 570 g/mol. The molecule has 4 unspecified atom stereocenters. The van der Waals surface area contributed by atoms with E-state index in [4.69, 9.17) is 0 Å². The fraction of sp³-hybridized carbons (Fsp3) is 0.294. The summed E-state index contributed by atoms with van der Waals surface area (Å²) in [4.78, 5) is 0. The molecule has 0 aliphatic carbocycles. The van der Waals surface area contributed by atoms with Crippen LogP contribution in [0.15, 0.2) is 109 Å². The van der Waals surface area contributed by atoms with E-state index in [1.54, 1.807) is 0 Å². The predicted molar refractivity (Wildman–Crippen MR) is 174 cm³/mol. The van der Waals surface area contributed by atoms with Crippen LogP contribution in [0.4, 0.5) is 0 Å². The number of rotatable bonds is 7. The maximum absolute atomic E-state index is 2.38. The Morgan fingerprint density at radius 2 is 0.842 bits per heavy atom. The Morgan fingerprint density at radius 1 is 0.500 bits per heavy atom.